The number of carbonyl (C=O) groups excluding carboxylic acids is 1. The molecule has 0 N–H and O–H groups in total. The molecule has 0 aromatic heterocycles. The van der Waals surface area contributed by atoms with Crippen LogP contribution < -0.4 is 0 Å². The summed E-state index contributed by atoms with van der Waals surface area (Å²) in [5.41, 5.74) is 1.42. The highest BCUT2D eigenvalue weighted by molar-refractivity contribution is 7.90. The van der Waals surface area contributed by atoms with E-state index in [4.69, 9.17) is 0 Å². The van der Waals surface area contributed by atoms with Crippen molar-refractivity contribution in [3.63, 3.8) is 0 Å². The smallest absolute Gasteiger partial charge is 0.254 e. The zero-order chi connectivity index (χ0) is 18.4. The molecule has 2 rings (SSSR count). The van der Waals surface area contributed by atoms with E-state index in [0.29, 0.717) is 18.7 Å². The van der Waals surface area contributed by atoms with Crippen molar-refractivity contribution in [1.82, 2.24) is 9.80 Å². The van der Waals surface area contributed by atoms with Crippen molar-refractivity contribution < 1.29 is 13.2 Å². The Kier molecular flexibility index (Phi) is 6.33. The largest absolute Gasteiger partial charge is 0.333 e. The summed E-state index contributed by atoms with van der Waals surface area (Å²) in [6, 6.07) is 16.0. The minimum Gasteiger partial charge on any atom is -0.333 e. The van der Waals surface area contributed by atoms with E-state index in [9.17, 15) is 13.2 Å². The van der Waals surface area contributed by atoms with Crippen molar-refractivity contribution in [2.75, 3.05) is 33.4 Å². The Morgan fingerprint density at radius 1 is 0.960 bits per heavy atom. The number of amides is 1. The third kappa shape index (κ3) is 5.69. The first-order chi connectivity index (χ1) is 11.8. The van der Waals surface area contributed by atoms with E-state index in [2.05, 4.69) is 0 Å². The first-order valence-corrected chi connectivity index (χ1v) is 9.94. The van der Waals surface area contributed by atoms with E-state index in [1.165, 1.54) is 12.1 Å². The minimum absolute atomic E-state index is 0.158. The molecule has 0 radical (unpaired) electrons. The summed E-state index contributed by atoms with van der Waals surface area (Å²) < 4.78 is 23.5. The van der Waals surface area contributed by atoms with Crippen LogP contribution in [0.1, 0.15) is 15.9 Å². The third-order valence-electron chi connectivity index (χ3n) is 3.83. The molecule has 134 valence electrons. The first-order valence-electron chi connectivity index (χ1n) is 8.05. The quantitative estimate of drug-likeness (QED) is 0.760. The van der Waals surface area contributed by atoms with E-state index >= 15 is 0 Å². The Labute approximate surface area is 149 Å². The molecule has 0 fully saturated rings. The molecule has 0 spiro atoms. The lowest BCUT2D eigenvalue weighted by atomic mass is 10.1. The highest BCUT2D eigenvalue weighted by Gasteiger charge is 2.18. The Morgan fingerprint density at radius 2 is 1.64 bits per heavy atom. The molecule has 0 saturated carbocycles. The third-order valence-corrected chi connectivity index (χ3v) is 4.94. The Balaban J connectivity index is 2.28. The molecule has 2 aromatic carbocycles. The number of hydrogen-bond donors (Lipinski definition) is 0. The molecule has 1 amide bonds. The molecule has 0 bridgehead atoms. The van der Waals surface area contributed by atoms with Crippen LogP contribution in [0.15, 0.2) is 59.5 Å². The molecule has 0 unspecified atom stereocenters. The fourth-order valence-corrected chi connectivity index (χ4v) is 3.09. The van der Waals surface area contributed by atoms with Gasteiger partial charge in [-0.3, -0.25) is 4.79 Å². The van der Waals surface area contributed by atoms with Crippen molar-refractivity contribution in [3.05, 3.63) is 65.7 Å². The summed E-state index contributed by atoms with van der Waals surface area (Å²) in [4.78, 5) is 16.9. The lowest BCUT2D eigenvalue weighted by Gasteiger charge is -2.25. The number of carbonyl (C=O) groups is 1. The van der Waals surface area contributed by atoms with Crippen LogP contribution in [0.25, 0.3) is 0 Å². The maximum atomic E-state index is 13.0. The minimum atomic E-state index is -3.35. The average Bonchev–Trinajstić information content (AvgIpc) is 2.58. The Hall–Kier alpha value is -2.18. The molecule has 0 aliphatic rings. The first kappa shape index (κ1) is 19.1. The molecule has 0 aliphatic carbocycles. The van der Waals surface area contributed by atoms with Crippen LogP contribution in [0.5, 0.6) is 0 Å². The average molecular weight is 360 g/mol. The van der Waals surface area contributed by atoms with Gasteiger partial charge in [0.05, 0.1) is 4.90 Å². The maximum Gasteiger partial charge on any atom is 0.254 e. The highest BCUT2D eigenvalue weighted by atomic mass is 32.2. The summed E-state index contributed by atoms with van der Waals surface area (Å²) in [6.07, 6.45) is 1.14. The van der Waals surface area contributed by atoms with E-state index in [-0.39, 0.29) is 10.8 Å². The van der Waals surface area contributed by atoms with Crippen LogP contribution >= 0.6 is 0 Å². The van der Waals surface area contributed by atoms with Crippen LogP contribution in [-0.4, -0.2) is 57.6 Å². The van der Waals surface area contributed by atoms with Crippen LogP contribution in [0, 0.1) is 0 Å². The van der Waals surface area contributed by atoms with Crippen LogP contribution in [0.2, 0.25) is 0 Å². The zero-order valence-corrected chi connectivity index (χ0v) is 15.7. The van der Waals surface area contributed by atoms with Gasteiger partial charge in [0.1, 0.15) is 0 Å². The summed E-state index contributed by atoms with van der Waals surface area (Å²) in [7, 11) is 0.560. The maximum absolute atomic E-state index is 13.0. The number of likely N-dealkylation sites (N-methyl/N-ethyl adjacent to an activating group) is 1. The summed E-state index contributed by atoms with van der Waals surface area (Å²) in [6.45, 7) is 1.77. The second-order valence-electron chi connectivity index (χ2n) is 6.32. The molecule has 0 atom stereocenters. The van der Waals surface area contributed by atoms with Gasteiger partial charge in [0.25, 0.3) is 5.91 Å². The van der Waals surface area contributed by atoms with Gasteiger partial charge < -0.3 is 9.80 Å². The lowest BCUT2D eigenvalue weighted by molar-refractivity contribution is 0.0731. The van der Waals surface area contributed by atoms with E-state index in [0.717, 1.165) is 18.4 Å². The molecule has 5 nitrogen and oxygen atoms in total. The molecule has 0 saturated heterocycles. The van der Waals surface area contributed by atoms with Crippen LogP contribution in [0.4, 0.5) is 0 Å². The Morgan fingerprint density at radius 3 is 2.24 bits per heavy atom. The van der Waals surface area contributed by atoms with Crippen LogP contribution in [0.3, 0.4) is 0 Å². The second kappa shape index (κ2) is 8.27. The monoisotopic (exact) mass is 360 g/mol. The van der Waals surface area contributed by atoms with Gasteiger partial charge in [0, 0.05) is 31.5 Å². The van der Waals surface area contributed by atoms with Crippen molar-refractivity contribution >= 4 is 15.7 Å². The van der Waals surface area contributed by atoms with Crippen molar-refractivity contribution in [2.24, 2.45) is 0 Å². The molecule has 0 aliphatic heterocycles. The summed E-state index contributed by atoms with van der Waals surface area (Å²) in [5, 5.41) is 0. The number of nitrogens with zero attached hydrogens (tertiary/aromatic N) is 2. The van der Waals surface area contributed by atoms with Gasteiger partial charge in [0.15, 0.2) is 9.84 Å². The van der Waals surface area contributed by atoms with Gasteiger partial charge in [-0.15, -0.1) is 0 Å². The standard InChI is InChI=1S/C19H24N2O3S/c1-20(2)12-13-21(15-16-8-5-4-6-9-16)19(22)17-10-7-11-18(14-17)25(3,23)24/h4-11,14H,12-13,15H2,1-3H3. The van der Waals surface area contributed by atoms with E-state index in [1.54, 1.807) is 17.0 Å². The Bertz CT molecular complexity index is 818. The number of rotatable bonds is 7. The van der Waals surface area contributed by atoms with Gasteiger partial charge in [-0.2, -0.15) is 0 Å². The molecular formula is C19H24N2O3S. The number of hydrogen-bond acceptors (Lipinski definition) is 4. The summed E-state index contributed by atoms with van der Waals surface area (Å²) in [5.74, 6) is -0.170. The topological polar surface area (TPSA) is 57.7 Å². The predicted molar refractivity (Wildman–Crippen MR) is 99.3 cm³/mol. The molecule has 6 heteroatoms. The molecule has 0 heterocycles. The molecule has 2 aromatic rings. The van der Waals surface area contributed by atoms with Gasteiger partial charge in [-0.1, -0.05) is 36.4 Å². The number of benzene rings is 2. The van der Waals surface area contributed by atoms with Gasteiger partial charge >= 0.3 is 0 Å². The SMILES string of the molecule is CN(C)CCN(Cc1ccccc1)C(=O)c1cccc(S(C)(=O)=O)c1. The normalized spacial score (nSPS) is 11.5. The van der Waals surface area contributed by atoms with Crippen molar-refractivity contribution in [2.45, 2.75) is 11.4 Å². The van der Waals surface area contributed by atoms with E-state index < -0.39 is 9.84 Å². The van der Waals surface area contributed by atoms with Crippen molar-refractivity contribution in [3.8, 4) is 0 Å². The molecule has 25 heavy (non-hydrogen) atoms. The number of sulfone groups is 1. The fourth-order valence-electron chi connectivity index (χ4n) is 2.42. The van der Waals surface area contributed by atoms with E-state index in [1.807, 2.05) is 49.3 Å². The van der Waals surface area contributed by atoms with Gasteiger partial charge in [-0.05, 0) is 37.9 Å². The molecular weight excluding hydrogens is 336 g/mol. The highest BCUT2D eigenvalue weighted by Crippen LogP contribution is 2.15. The lowest BCUT2D eigenvalue weighted by Crippen LogP contribution is -2.36. The second-order valence-corrected chi connectivity index (χ2v) is 8.33. The fraction of sp³-hybridized carbons (Fsp3) is 0.316. The van der Waals surface area contributed by atoms with Gasteiger partial charge in [0.2, 0.25) is 0 Å². The van der Waals surface area contributed by atoms with Crippen molar-refractivity contribution in [1.29, 1.82) is 0 Å². The van der Waals surface area contributed by atoms with Crippen LogP contribution in [-0.2, 0) is 16.4 Å². The van der Waals surface area contributed by atoms with Gasteiger partial charge in [-0.25, -0.2) is 8.42 Å². The predicted octanol–water partition coefficient (Wildman–Crippen LogP) is 2.29. The zero-order valence-electron chi connectivity index (χ0n) is 14.8. The summed E-state index contributed by atoms with van der Waals surface area (Å²) >= 11 is 0.